The zero-order valence-corrected chi connectivity index (χ0v) is 13.2. The predicted octanol–water partition coefficient (Wildman–Crippen LogP) is 2.89. The second-order valence-electron chi connectivity index (χ2n) is 6.30. The van der Waals surface area contributed by atoms with Crippen molar-refractivity contribution in [3.8, 4) is 0 Å². The van der Waals surface area contributed by atoms with Crippen molar-refractivity contribution >= 4 is 5.91 Å². The molecule has 0 aliphatic carbocycles. The minimum Gasteiger partial charge on any atom is -0.354 e. The first-order valence-electron chi connectivity index (χ1n) is 7.44. The Morgan fingerprint density at radius 1 is 1.15 bits per heavy atom. The normalized spacial score (nSPS) is 12.2. The summed E-state index contributed by atoms with van der Waals surface area (Å²) in [5, 5.41) is 3.02. The van der Waals surface area contributed by atoms with Gasteiger partial charge >= 0.3 is 0 Å². The minimum atomic E-state index is -0.427. The quantitative estimate of drug-likeness (QED) is 0.804. The van der Waals surface area contributed by atoms with Crippen LogP contribution >= 0.6 is 0 Å². The molecule has 0 radical (unpaired) electrons. The Bertz CT molecular complexity index is 422. The SMILES string of the molecule is CCC(N)(CC)CNC(=O)C(C)(C)Cc1ccccc1. The molecule has 20 heavy (non-hydrogen) atoms. The van der Waals surface area contributed by atoms with E-state index in [0.717, 1.165) is 19.3 Å². The van der Waals surface area contributed by atoms with E-state index in [9.17, 15) is 4.79 Å². The van der Waals surface area contributed by atoms with Gasteiger partial charge in [-0.25, -0.2) is 0 Å². The molecular formula is C17H28N2O. The van der Waals surface area contributed by atoms with Crippen molar-refractivity contribution in [1.29, 1.82) is 0 Å². The first-order valence-corrected chi connectivity index (χ1v) is 7.44. The van der Waals surface area contributed by atoms with Gasteiger partial charge in [0.2, 0.25) is 5.91 Å². The van der Waals surface area contributed by atoms with Gasteiger partial charge in [-0.3, -0.25) is 4.79 Å². The first kappa shape index (κ1) is 16.7. The molecule has 0 spiro atoms. The predicted molar refractivity (Wildman–Crippen MR) is 84.4 cm³/mol. The molecule has 0 atom stereocenters. The standard InChI is InChI=1S/C17H28N2O/c1-5-17(18,6-2)13-19-15(20)16(3,4)12-14-10-8-7-9-11-14/h7-11H,5-6,12-13,18H2,1-4H3,(H,19,20). The monoisotopic (exact) mass is 276 g/mol. The van der Waals surface area contributed by atoms with Gasteiger partial charge in [0.05, 0.1) is 0 Å². The van der Waals surface area contributed by atoms with E-state index in [1.807, 2.05) is 32.0 Å². The van der Waals surface area contributed by atoms with Gasteiger partial charge in [0.15, 0.2) is 0 Å². The summed E-state index contributed by atoms with van der Waals surface area (Å²) in [6.07, 6.45) is 2.46. The van der Waals surface area contributed by atoms with Crippen LogP contribution < -0.4 is 11.1 Å². The number of hydrogen-bond donors (Lipinski definition) is 2. The van der Waals surface area contributed by atoms with Gasteiger partial charge < -0.3 is 11.1 Å². The summed E-state index contributed by atoms with van der Waals surface area (Å²) < 4.78 is 0. The Morgan fingerprint density at radius 3 is 2.20 bits per heavy atom. The lowest BCUT2D eigenvalue weighted by Gasteiger charge is -2.30. The number of carbonyl (C=O) groups excluding carboxylic acids is 1. The zero-order valence-electron chi connectivity index (χ0n) is 13.2. The summed E-state index contributed by atoms with van der Waals surface area (Å²) in [4.78, 5) is 12.4. The van der Waals surface area contributed by atoms with Gasteiger partial charge in [0.1, 0.15) is 0 Å². The fourth-order valence-corrected chi connectivity index (χ4v) is 2.18. The molecule has 3 nitrogen and oxygen atoms in total. The Morgan fingerprint density at radius 2 is 1.70 bits per heavy atom. The van der Waals surface area contributed by atoms with E-state index < -0.39 is 5.41 Å². The van der Waals surface area contributed by atoms with Crippen LogP contribution in [0.5, 0.6) is 0 Å². The van der Waals surface area contributed by atoms with Gasteiger partial charge in [-0.1, -0.05) is 58.0 Å². The molecule has 112 valence electrons. The maximum absolute atomic E-state index is 12.4. The smallest absolute Gasteiger partial charge is 0.226 e. The van der Waals surface area contributed by atoms with Crippen molar-refractivity contribution in [2.75, 3.05) is 6.54 Å². The summed E-state index contributed by atoms with van der Waals surface area (Å²) in [5.41, 5.74) is 6.68. The van der Waals surface area contributed by atoms with Crippen LogP contribution in [0, 0.1) is 5.41 Å². The van der Waals surface area contributed by atoms with Crippen LogP contribution in [-0.2, 0) is 11.2 Å². The van der Waals surface area contributed by atoms with E-state index in [0.29, 0.717) is 6.54 Å². The minimum absolute atomic E-state index is 0.0677. The Balaban J connectivity index is 2.61. The molecule has 0 unspecified atom stereocenters. The van der Waals surface area contributed by atoms with Crippen molar-refractivity contribution in [3.05, 3.63) is 35.9 Å². The number of nitrogens with two attached hydrogens (primary N) is 1. The lowest BCUT2D eigenvalue weighted by molar-refractivity contribution is -0.129. The summed E-state index contributed by atoms with van der Waals surface area (Å²) in [6.45, 7) is 8.61. The van der Waals surface area contributed by atoms with Gasteiger partial charge in [-0.15, -0.1) is 0 Å². The maximum Gasteiger partial charge on any atom is 0.226 e. The maximum atomic E-state index is 12.4. The highest BCUT2D eigenvalue weighted by atomic mass is 16.2. The number of benzene rings is 1. The van der Waals surface area contributed by atoms with Crippen LogP contribution in [0.4, 0.5) is 0 Å². The molecule has 0 saturated carbocycles. The van der Waals surface area contributed by atoms with Crippen molar-refractivity contribution < 1.29 is 4.79 Å². The lowest BCUT2D eigenvalue weighted by Crippen LogP contribution is -2.51. The summed E-state index contributed by atoms with van der Waals surface area (Å²) in [5.74, 6) is 0.0677. The second-order valence-corrected chi connectivity index (χ2v) is 6.30. The molecule has 0 heterocycles. The van der Waals surface area contributed by atoms with Crippen LogP contribution in [0.15, 0.2) is 30.3 Å². The number of hydrogen-bond acceptors (Lipinski definition) is 2. The van der Waals surface area contributed by atoms with Gasteiger partial charge in [-0.05, 0) is 24.8 Å². The second kappa shape index (κ2) is 6.89. The van der Waals surface area contributed by atoms with Crippen LogP contribution in [0.1, 0.15) is 46.1 Å². The molecule has 0 saturated heterocycles. The fraction of sp³-hybridized carbons (Fsp3) is 0.588. The Hall–Kier alpha value is -1.35. The largest absolute Gasteiger partial charge is 0.354 e. The molecular weight excluding hydrogens is 248 g/mol. The highest BCUT2D eigenvalue weighted by Crippen LogP contribution is 2.22. The van der Waals surface area contributed by atoms with Gasteiger partial charge in [0, 0.05) is 17.5 Å². The van der Waals surface area contributed by atoms with Crippen molar-refractivity contribution in [2.45, 2.75) is 52.5 Å². The van der Waals surface area contributed by atoms with Crippen molar-refractivity contribution in [2.24, 2.45) is 11.1 Å². The van der Waals surface area contributed by atoms with E-state index in [2.05, 4.69) is 31.3 Å². The lowest BCUT2D eigenvalue weighted by atomic mass is 9.84. The molecule has 0 bridgehead atoms. The molecule has 0 aliphatic heterocycles. The van der Waals surface area contributed by atoms with Crippen molar-refractivity contribution in [3.63, 3.8) is 0 Å². The highest BCUT2D eigenvalue weighted by molar-refractivity contribution is 5.82. The van der Waals surface area contributed by atoms with Gasteiger partial charge in [-0.2, -0.15) is 0 Å². The van der Waals surface area contributed by atoms with Gasteiger partial charge in [0.25, 0.3) is 0 Å². The molecule has 0 fully saturated rings. The molecule has 0 aliphatic rings. The summed E-state index contributed by atoms with van der Waals surface area (Å²) >= 11 is 0. The Labute approximate surface area is 122 Å². The molecule has 1 aromatic rings. The molecule has 0 aromatic heterocycles. The molecule has 1 amide bonds. The van der Waals surface area contributed by atoms with Crippen LogP contribution in [-0.4, -0.2) is 18.0 Å². The average molecular weight is 276 g/mol. The Kier molecular flexibility index (Phi) is 5.75. The first-order chi connectivity index (χ1) is 9.33. The fourth-order valence-electron chi connectivity index (χ4n) is 2.18. The van der Waals surface area contributed by atoms with E-state index in [1.165, 1.54) is 5.56 Å². The number of nitrogens with one attached hydrogen (secondary N) is 1. The van der Waals surface area contributed by atoms with E-state index in [1.54, 1.807) is 0 Å². The summed E-state index contributed by atoms with van der Waals surface area (Å²) in [7, 11) is 0. The zero-order chi connectivity index (χ0) is 15.2. The molecule has 1 aromatic carbocycles. The van der Waals surface area contributed by atoms with Crippen LogP contribution in [0.2, 0.25) is 0 Å². The number of rotatable bonds is 7. The highest BCUT2D eigenvalue weighted by Gasteiger charge is 2.30. The number of carbonyl (C=O) groups is 1. The molecule has 3 N–H and O–H groups in total. The third kappa shape index (κ3) is 4.64. The third-order valence-electron chi connectivity index (χ3n) is 4.11. The third-order valence-corrected chi connectivity index (χ3v) is 4.11. The van der Waals surface area contributed by atoms with E-state index in [-0.39, 0.29) is 11.4 Å². The molecule has 1 rings (SSSR count). The van der Waals surface area contributed by atoms with E-state index in [4.69, 9.17) is 5.73 Å². The molecule has 3 heteroatoms. The van der Waals surface area contributed by atoms with Crippen LogP contribution in [0.3, 0.4) is 0 Å². The summed E-state index contributed by atoms with van der Waals surface area (Å²) in [6, 6.07) is 10.1. The average Bonchev–Trinajstić information content (AvgIpc) is 2.45. The number of amides is 1. The van der Waals surface area contributed by atoms with Crippen LogP contribution in [0.25, 0.3) is 0 Å². The van der Waals surface area contributed by atoms with Crippen molar-refractivity contribution in [1.82, 2.24) is 5.32 Å². The van der Waals surface area contributed by atoms with E-state index >= 15 is 0 Å². The topological polar surface area (TPSA) is 55.1 Å².